The zero-order valence-corrected chi connectivity index (χ0v) is 13.2. The lowest BCUT2D eigenvalue weighted by Gasteiger charge is -2.07. The third kappa shape index (κ3) is 4.35. The van der Waals surface area contributed by atoms with Gasteiger partial charge in [0.1, 0.15) is 5.82 Å². The Morgan fingerprint density at radius 2 is 1.96 bits per heavy atom. The standard InChI is InChI=1S/C16H16N4O4/c1-10-3-6-14(17-8-10)19-15(21)9-18-16(22)12-5-4-11(2)13(7-12)20(23)24/h3-8H,9H2,1-2H3,(H,18,22)(H,17,19,21). The molecule has 0 atom stereocenters. The van der Waals surface area contributed by atoms with Crippen molar-refractivity contribution in [2.24, 2.45) is 0 Å². The first-order chi connectivity index (χ1) is 11.4. The van der Waals surface area contributed by atoms with Crippen molar-refractivity contribution in [2.45, 2.75) is 13.8 Å². The van der Waals surface area contributed by atoms with Gasteiger partial charge in [-0.2, -0.15) is 0 Å². The van der Waals surface area contributed by atoms with Crippen LogP contribution >= 0.6 is 0 Å². The highest BCUT2D eigenvalue weighted by Gasteiger charge is 2.15. The summed E-state index contributed by atoms with van der Waals surface area (Å²) in [6, 6.07) is 7.59. The average Bonchev–Trinajstić information content (AvgIpc) is 2.55. The predicted molar refractivity (Wildman–Crippen MR) is 87.8 cm³/mol. The van der Waals surface area contributed by atoms with Gasteiger partial charge < -0.3 is 10.6 Å². The molecule has 0 saturated heterocycles. The van der Waals surface area contributed by atoms with Crippen molar-refractivity contribution in [3.8, 4) is 0 Å². The third-order valence-corrected chi connectivity index (χ3v) is 3.26. The van der Waals surface area contributed by atoms with Crippen LogP contribution < -0.4 is 10.6 Å². The first-order valence-electron chi connectivity index (χ1n) is 7.12. The van der Waals surface area contributed by atoms with Gasteiger partial charge in [0.25, 0.3) is 11.6 Å². The SMILES string of the molecule is Cc1ccc(NC(=O)CNC(=O)c2ccc(C)c([N+](=O)[O-])c2)nc1. The maximum atomic E-state index is 12.0. The minimum Gasteiger partial charge on any atom is -0.343 e. The monoisotopic (exact) mass is 328 g/mol. The number of hydrogen-bond donors (Lipinski definition) is 2. The molecule has 2 amide bonds. The molecule has 124 valence electrons. The topological polar surface area (TPSA) is 114 Å². The largest absolute Gasteiger partial charge is 0.343 e. The predicted octanol–water partition coefficient (Wildman–Crippen LogP) is 1.98. The smallest absolute Gasteiger partial charge is 0.273 e. The Bertz CT molecular complexity index is 787. The van der Waals surface area contributed by atoms with Crippen molar-refractivity contribution in [1.29, 1.82) is 0 Å². The van der Waals surface area contributed by atoms with Gasteiger partial charge in [0.15, 0.2) is 0 Å². The highest BCUT2D eigenvalue weighted by atomic mass is 16.6. The Kier molecular flexibility index (Phi) is 5.20. The lowest BCUT2D eigenvalue weighted by molar-refractivity contribution is -0.385. The zero-order valence-electron chi connectivity index (χ0n) is 13.2. The summed E-state index contributed by atoms with van der Waals surface area (Å²) in [5.41, 5.74) is 1.39. The highest BCUT2D eigenvalue weighted by molar-refractivity contribution is 5.99. The minimum atomic E-state index is -0.565. The molecule has 2 rings (SSSR count). The summed E-state index contributed by atoms with van der Waals surface area (Å²) in [6.07, 6.45) is 1.61. The van der Waals surface area contributed by atoms with Crippen molar-refractivity contribution in [1.82, 2.24) is 10.3 Å². The van der Waals surface area contributed by atoms with Crippen LogP contribution in [0.5, 0.6) is 0 Å². The molecule has 8 nitrogen and oxygen atoms in total. The van der Waals surface area contributed by atoms with E-state index in [1.54, 1.807) is 25.3 Å². The molecule has 1 aromatic carbocycles. The van der Waals surface area contributed by atoms with Crippen molar-refractivity contribution in [2.75, 3.05) is 11.9 Å². The number of nitro benzene ring substituents is 1. The number of rotatable bonds is 5. The number of benzene rings is 1. The molecule has 24 heavy (non-hydrogen) atoms. The molecule has 0 saturated carbocycles. The number of amides is 2. The van der Waals surface area contributed by atoms with Gasteiger partial charge >= 0.3 is 0 Å². The number of nitrogens with zero attached hydrogens (tertiary/aromatic N) is 2. The molecule has 0 spiro atoms. The van der Waals surface area contributed by atoms with Crippen LogP contribution in [0.3, 0.4) is 0 Å². The molecular formula is C16H16N4O4. The number of nitro groups is 1. The van der Waals surface area contributed by atoms with Gasteiger partial charge in [0, 0.05) is 23.4 Å². The van der Waals surface area contributed by atoms with Gasteiger partial charge in [-0.15, -0.1) is 0 Å². The van der Waals surface area contributed by atoms with Crippen molar-refractivity contribution in [3.05, 3.63) is 63.3 Å². The van der Waals surface area contributed by atoms with E-state index in [1.807, 2.05) is 6.92 Å². The quantitative estimate of drug-likeness (QED) is 0.643. The Hall–Kier alpha value is -3.29. The van der Waals surface area contributed by atoms with E-state index in [0.29, 0.717) is 11.4 Å². The second-order valence-corrected chi connectivity index (χ2v) is 5.21. The summed E-state index contributed by atoms with van der Waals surface area (Å²) >= 11 is 0. The Morgan fingerprint density at radius 1 is 1.21 bits per heavy atom. The number of aryl methyl sites for hydroxylation is 2. The molecule has 8 heteroatoms. The molecule has 0 fully saturated rings. The Morgan fingerprint density at radius 3 is 2.58 bits per heavy atom. The molecule has 0 bridgehead atoms. The van der Waals surface area contributed by atoms with Crippen LogP contribution in [0.1, 0.15) is 21.5 Å². The van der Waals surface area contributed by atoms with Crippen LogP contribution in [0.15, 0.2) is 36.5 Å². The van der Waals surface area contributed by atoms with Gasteiger partial charge in [-0.25, -0.2) is 4.98 Å². The highest BCUT2D eigenvalue weighted by Crippen LogP contribution is 2.19. The average molecular weight is 328 g/mol. The van der Waals surface area contributed by atoms with Gasteiger partial charge in [0.2, 0.25) is 5.91 Å². The van der Waals surface area contributed by atoms with E-state index in [0.717, 1.165) is 5.56 Å². The molecule has 2 aromatic rings. The zero-order chi connectivity index (χ0) is 17.7. The molecule has 1 heterocycles. The normalized spacial score (nSPS) is 10.1. The van der Waals surface area contributed by atoms with Gasteiger partial charge in [-0.05, 0) is 31.5 Å². The molecule has 0 radical (unpaired) electrons. The number of aromatic nitrogens is 1. The summed E-state index contributed by atoms with van der Waals surface area (Å²) in [6.45, 7) is 3.19. The summed E-state index contributed by atoms with van der Waals surface area (Å²) in [4.78, 5) is 38.2. The lowest BCUT2D eigenvalue weighted by atomic mass is 10.1. The van der Waals surface area contributed by atoms with E-state index in [4.69, 9.17) is 0 Å². The fraction of sp³-hybridized carbons (Fsp3) is 0.188. The Balaban J connectivity index is 1.95. The van der Waals surface area contributed by atoms with Gasteiger partial charge in [-0.3, -0.25) is 19.7 Å². The van der Waals surface area contributed by atoms with Gasteiger partial charge in [0.05, 0.1) is 11.5 Å². The van der Waals surface area contributed by atoms with Crippen LogP contribution in [0.25, 0.3) is 0 Å². The fourth-order valence-electron chi connectivity index (χ4n) is 1.94. The van der Waals surface area contributed by atoms with Crippen LogP contribution in [0.4, 0.5) is 11.5 Å². The molecule has 0 unspecified atom stereocenters. The minimum absolute atomic E-state index is 0.119. The summed E-state index contributed by atoms with van der Waals surface area (Å²) in [7, 11) is 0. The first kappa shape index (κ1) is 17.1. The van der Waals surface area contributed by atoms with Crippen LogP contribution in [-0.2, 0) is 4.79 Å². The summed E-state index contributed by atoms with van der Waals surface area (Å²) in [5.74, 6) is -0.628. The summed E-state index contributed by atoms with van der Waals surface area (Å²) < 4.78 is 0. The van der Waals surface area contributed by atoms with E-state index < -0.39 is 16.7 Å². The third-order valence-electron chi connectivity index (χ3n) is 3.26. The van der Waals surface area contributed by atoms with E-state index in [9.17, 15) is 19.7 Å². The van der Waals surface area contributed by atoms with E-state index in [2.05, 4.69) is 15.6 Å². The second kappa shape index (κ2) is 7.32. The van der Waals surface area contributed by atoms with Crippen LogP contribution in [0, 0.1) is 24.0 Å². The number of carbonyl (C=O) groups excluding carboxylic acids is 2. The number of hydrogen-bond acceptors (Lipinski definition) is 5. The molecule has 2 N–H and O–H groups in total. The molecule has 1 aromatic heterocycles. The molecular weight excluding hydrogens is 312 g/mol. The number of nitrogens with one attached hydrogen (secondary N) is 2. The summed E-state index contributed by atoms with van der Waals surface area (Å²) in [5, 5.41) is 15.8. The van der Waals surface area contributed by atoms with E-state index >= 15 is 0 Å². The van der Waals surface area contributed by atoms with Crippen LogP contribution in [-0.4, -0.2) is 28.3 Å². The molecule has 0 aliphatic heterocycles. The number of anilines is 1. The van der Waals surface area contributed by atoms with Crippen molar-refractivity contribution in [3.63, 3.8) is 0 Å². The van der Waals surface area contributed by atoms with E-state index in [1.165, 1.54) is 18.2 Å². The van der Waals surface area contributed by atoms with Crippen molar-refractivity contribution < 1.29 is 14.5 Å². The second-order valence-electron chi connectivity index (χ2n) is 5.21. The number of pyridine rings is 1. The fourth-order valence-corrected chi connectivity index (χ4v) is 1.94. The first-order valence-corrected chi connectivity index (χ1v) is 7.12. The van der Waals surface area contributed by atoms with Crippen LogP contribution in [0.2, 0.25) is 0 Å². The number of carbonyl (C=O) groups is 2. The molecule has 0 aliphatic rings. The van der Waals surface area contributed by atoms with E-state index in [-0.39, 0.29) is 17.8 Å². The Labute approximate surface area is 138 Å². The maximum Gasteiger partial charge on any atom is 0.273 e. The van der Waals surface area contributed by atoms with Gasteiger partial charge in [-0.1, -0.05) is 12.1 Å². The maximum absolute atomic E-state index is 12.0. The lowest BCUT2D eigenvalue weighted by Crippen LogP contribution is -2.33. The van der Waals surface area contributed by atoms with Crippen molar-refractivity contribution >= 4 is 23.3 Å². The molecule has 0 aliphatic carbocycles.